The van der Waals surface area contributed by atoms with Crippen LogP contribution in [0.15, 0.2) is 64.1 Å². The molecular formula is C22H24N2O4S. The van der Waals surface area contributed by atoms with Gasteiger partial charge < -0.3 is 9.73 Å². The van der Waals surface area contributed by atoms with E-state index in [1.165, 1.54) is 24.3 Å². The second kappa shape index (κ2) is 8.61. The normalized spacial score (nSPS) is 11.6. The predicted molar refractivity (Wildman–Crippen MR) is 111 cm³/mol. The maximum atomic E-state index is 12.3. The molecule has 1 heterocycles. The Bertz CT molecular complexity index is 1080. The molecule has 1 N–H and O–H groups in total. The zero-order valence-corrected chi connectivity index (χ0v) is 17.5. The van der Waals surface area contributed by atoms with E-state index in [2.05, 4.69) is 10.3 Å². The molecule has 0 aliphatic rings. The summed E-state index contributed by atoms with van der Waals surface area (Å²) >= 11 is 0. The molecule has 0 atom stereocenters. The number of aromatic nitrogens is 1. The number of rotatable bonds is 7. The van der Waals surface area contributed by atoms with Gasteiger partial charge >= 0.3 is 0 Å². The zero-order valence-electron chi connectivity index (χ0n) is 16.7. The number of carbonyl (C=O) groups excluding carboxylic acids is 1. The molecule has 6 nitrogen and oxygen atoms in total. The SMILES string of the molecule is Cc1ccc(-c2nc(CCNC(=O)c3ccc(S(=O)(=O)C(C)C)cc3)co2)cc1. The summed E-state index contributed by atoms with van der Waals surface area (Å²) in [5, 5.41) is 2.31. The van der Waals surface area contributed by atoms with Crippen LogP contribution in [0.25, 0.3) is 11.5 Å². The minimum absolute atomic E-state index is 0.218. The van der Waals surface area contributed by atoms with Gasteiger partial charge in [-0.25, -0.2) is 13.4 Å². The van der Waals surface area contributed by atoms with Crippen LogP contribution >= 0.6 is 0 Å². The van der Waals surface area contributed by atoms with Crippen molar-refractivity contribution in [2.75, 3.05) is 6.54 Å². The molecule has 1 aromatic heterocycles. The smallest absolute Gasteiger partial charge is 0.251 e. The first-order valence-corrected chi connectivity index (χ1v) is 11.0. The number of benzene rings is 2. The summed E-state index contributed by atoms with van der Waals surface area (Å²) < 4.78 is 29.8. The van der Waals surface area contributed by atoms with Gasteiger partial charge in [0, 0.05) is 24.1 Å². The topological polar surface area (TPSA) is 89.3 Å². The maximum Gasteiger partial charge on any atom is 0.251 e. The van der Waals surface area contributed by atoms with Gasteiger partial charge in [0.25, 0.3) is 5.91 Å². The summed E-state index contributed by atoms with van der Waals surface area (Å²) in [5.74, 6) is 0.286. The van der Waals surface area contributed by atoms with E-state index in [9.17, 15) is 13.2 Å². The zero-order chi connectivity index (χ0) is 21.0. The summed E-state index contributed by atoms with van der Waals surface area (Å²) in [6.45, 7) is 5.67. The Kier molecular flexibility index (Phi) is 6.17. The Morgan fingerprint density at radius 1 is 1.07 bits per heavy atom. The van der Waals surface area contributed by atoms with Crippen LogP contribution in [0.3, 0.4) is 0 Å². The lowest BCUT2D eigenvalue weighted by Crippen LogP contribution is -2.25. The highest BCUT2D eigenvalue weighted by atomic mass is 32.2. The predicted octanol–water partition coefficient (Wildman–Crippen LogP) is 3.80. The molecule has 2 aromatic carbocycles. The van der Waals surface area contributed by atoms with Crippen molar-refractivity contribution < 1.29 is 17.6 Å². The number of hydrogen-bond acceptors (Lipinski definition) is 5. The largest absolute Gasteiger partial charge is 0.444 e. The van der Waals surface area contributed by atoms with E-state index in [1.54, 1.807) is 20.1 Å². The molecular weight excluding hydrogens is 388 g/mol. The third-order valence-corrected chi connectivity index (χ3v) is 6.75. The van der Waals surface area contributed by atoms with Crippen LogP contribution in [-0.2, 0) is 16.3 Å². The number of carbonyl (C=O) groups is 1. The molecule has 0 aliphatic carbocycles. The van der Waals surface area contributed by atoms with Gasteiger partial charge in [-0.1, -0.05) is 17.7 Å². The fraction of sp³-hybridized carbons (Fsp3) is 0.273. The van der Waals surface area contributed by atoms with Crippen molar-refractivity contribution >= 4 is 15.7 Å². The van der Waals surface area contributed by atoms with Crippen molar-refractivity contribution in [2.24, 2.45) is 0 Å². The van der Waals surface area contributed by atoms with Crippen LogP contribution in [-0.4, -0.2) is 31.1 Å². The standard InChI is InChI=1S/C22H24N2O4S/c1-15(2)29(26,27)20-10-8-17(9-11-20)21(25)23-13-12-19-14-28-22(24-19)18-6-4-16(3)5-7-18/h4-11,14-15H,12-13H2,1-3H3,(H,23,25). The van der Waals surface area contributed by atoms with Crippen molar-refractivity contribution in [2.45, 2.75) is 37.3 Å². The summed E-state index contributed by atoms with van der Waals surface area (Å²) in [4.78, 5) is 17.0. The van der Waals surface area contributed by atoms with Crippen LogP contribution in [0, 0.1) is 6.92 Å². The number of nitrogens with one attached hydrogen (secondary N) is 1. The van der Waals surface area contributed by atoms with Gasteiger partial charge in [-0.05, 0) is 57.2 Å². The number of aryl methyl sites for hydroxylation is 1. The Hall–Kier alpha value is -2.93. The van der Waals surface area contributed by atoms with Gasteiger partial charge in [0.1, 0.15) is 6.26 Å². The van der Waals surface area contributed by atoms with E-state index in [-0.39, 0.29) is 10.8 Å². The second-order valence-electron chi connectivity index (χ2n) is 7.13. The van der Waals surface area contributed by atoms with Gasteiger partial charge in [0.05, 0.1) is 15.8 Å². The molecule has 3 rings (SSSR count). The van der Waals surface area contributed by atoms with Crippen molar-refractivity contribution in [3.8, 4) is 11.5 Å². The van der Waals surface area contributed by atoms with Gasteiger partial charge in [-0.2, -0.15) is 0 Å². The molecule has 0 radical (unpaired) electrons. The highest BCUT2D eigenvalue weighted by molar-refractivity contribution is 7.92. The van der Waals surface area contributed by atoms with Crippen LogP contribution in [0.1, 0.15) is 35.5 Å². The van der Waals surface area contributed by atoms with Crippen molar-refractivity contribution in [3.63, 3.8) is 0 Å². The minimum atomic E-state index is -3.35. The van der Waals surface area contributed by atoms with E-state index in [4.69, 9.17) is 4.42 Å². The number of nitrogens with zero attached hydrogens (tertiary/aromatic N) is 1. The van der Waals surface area contributed by atoms with Gasteiger partial charge in [0.15, 0.2) is 9.84 Å². The molecule has 29 heavy (non-hydrogen) atoms. The highest BCUT2D eigenvalue weighted by Crippen LogP contribution is 2.19. The average Bonchev–Trinajstić information content (AvgIpc) is 3.17. The van der Waals surface area contributed by atoms with Gasteiger partial charge in [-0.15, -0.1) is 0 Å². The van der Waals surface area contributed by atoms with E-state index in [0.717, 1.165) is 16.8 Å². The molecule has 0 unspecified atom stereocenters. The van der Waals surface area contributed by atoms with Crippen LogP contribution in [0.4, 0.5) is 0 Å². The summed E-state index contributed by atoms with van der Waals surface area (Å²) in [6, 6.07) is 13.9. The average molecular weight is 413 g/mol. The highest BCUT2D eigenvalue weighted by Gasteiger charge is 2.19. The Labute approximate surface area is 170 Å². The molecule has 0 saturated carbocycles. The molecule has 0 aliphatic heterocycles. The Balaban J connectivity index is 1.56. The molecule has 0 bridgehead atoms. The monoisotopic (exact) mass is 412 g/mol. The first kappa shape index (κ1) is 20.8. The van der Waals surface area contributed by atoms with Crippen molar-refractivity contribution in [1.82, 2.24) is 10.3 Å². The number of oxazole rings is 1. The van der Waals surface area contributed by atoms with Crippen LogP contribution in [0.2, 0.25) is 0 Å². The molecule has 3 aromatic rings. The van der Waals surface area contributed by atoms with E-state index < -0.39 is 15.1 Å². The number of amides is 1. The van der Waals surface area contributed by atoms with Gasteiger partial charge in [-0.3, -0.25) is 4.79 Å². The third kappa shape index (κ3) is 4.92. The van der Waals surface area contributed by atoms with Crippen LogP contribution < -0.4 is 5.32 Å². The Morgan fingerprint density at radius 3 is 2.34 bits per heavy atom. The molecule has 0 saturated heterocycles. The van der Waals surface area contributed by atoms with Gasteiger partial charge in [0.2, 0.25) is 5.89 Å². The van der Waals surface area contributed by atoms with E-state index in [0.29, 0.717) is 24.4 Å². The van der Waals surface area contributed by atoms with Crippen molar-refractivity contribution in [3.05, 3.63) is 71.6 Å². The Morgan fingerprint density at radius 2 is 1.72 bits per heavy atom. The lowest BCUT2D eigenvalue weighted by molar-refractivity contribution is 0.0954. The van der Waals surface area contributed by atoms with E-state index >= 15 is 0 Å². The molecule has 0 spiro atoms. The second-order valence-corrected chi connectivity index (χ2v) is 9.64. The number of hydrogen-bond donors (Lipinski definition) is 1. The first-order chi connectivity index (χ1) is 13.8. The lowest BCUT2D eigenvalue weighted by atomic mass is 10.1. The molecule has 0 fully saturated rings. The lowest BCUT2D eigenvalue weighted by Gasteiger charge is -2.09. The quantitative estimate of drug-likeness (QED) is 0.637. The summed E-state index contributed by atoms with van der Waals surface area (Å²) in [6.07, 6.45) is 2.12. The van der Waals surface area contributed by atoms with Crippen molar-refractivity contribution in [1.29, 1.82) is 0 Å². The van der Waals surface area contributed by atoms with Crippen LogP contribution in [0.5, 0.6) is 0 Å². The third-order valence-electron chi connectivity index (χ3n) is 4.58. The van der Waals surface area contributed by atoms with E-state index in [1.807, 2.05) is 31.2 Å². The number of sulfone groups is 1. The first-order valence-electron chi connectivity index (χ1n) is 9.41. The minimum Gasteiger partial charge on any atom is -0.444 e. The molecule has 1 amide bonds. The summed E-state index contributed by atoms with van der Waals surface area (Å²) in [7, 11) is -3.35. The molecule has 7 heteroatoms. The summed E-state index contributed by atoms with van der Waals surface area (Å²) in [5.41, 5.74) is 3.23. The fourth-order valence-corrected chi connectivity index (χ4v) is 3.78. The molecule has 152 valence electrons. The maximum absolute atomic E-state index is 12.3. The fourth-order valence-electron chi connectivity index (χ4n) is 2.72.